The summed E-state index contributed by atoms with van der Waals surface area (Å²) in [7, 11) is -1.55. The number of hydrogen-bond donors (Lipinski definition) is 1. The predicted octanol–water partition coefficient (Wildman–Crippen LogP) is 4.12. The largest absolute Gasteiger partial charge is 0.417 e. The van der Waals surface area contributed by atoms with Crippen molar-refractivity contribution in [2.24, 2.45) is 0 Å². The molecule has 3 heteroatoms. The summed E-state index contributed by atoms with van der Waals surface area (Å²) in [6, 6.07) is 0. The molecule has 102 valence electrons. The van der Waals surface area contributed by atoms with Gasteiger partial charge in [-0.25, -0.2) is 0 Å². The summed E-state index contributed by atoms with van der Waals surface area (Å²) in [5.41, 5.74) is 0. The zero-order valence-electron chi connectivity index (χ0n) is 12.4. The van der Waals surface area contributed by atoms with E-state index in [4.69, 9.17) is 9.53 Å². The maximum atomic E-state index is 9.05. The van der Waals surface area contributed by atoms with Gasteiger partial charge in [-0.1, -0.05) is 32.9 Å². The Kier molecular flexibility index (Phi) is 7.29. The summed E-state index contributed by atoms with van der Waals surface area (Å²) in [5.74, 6) is 0. The molecule has 1 atom stereocenters. The van der Waals surface area contributed by atoms with Crippen LogP contribution in [-0.2, 0) is 4.43 Å². The van der Waals surface area contributed by atoms with Crippen LogP contribution >= 0.6 is 0 Å². The van der Waals surface area contributed by atoms with E-state index in [1.807, 2.05) is 6.08 Å². The molecule has 2 nitrogen and oxygen atoms in total. The van der Waals surface area contributed by atoms with Gasteiger partial charge in [0, 0.05) is 6.61 Å². The van der Waals surface area contributed by atoms with Crippen LogP contribution in [-0.4, -0.2) is 26.1 Å². The van der Waals surface area contributed by atoms with Gasteiger partial charge in [-0.15, -0.1) is 0 Å². The monoisotopic (exact) mass is 258 g/mol. The standard InChI is InChI=1S/C14H30O2Si/c1-13(15)11-9-7-8-10-12-16-17(5,6)14(2,3)4/h9,11,13,15H,7-8,10,12H2,1-6H3/b11-9+. The summed E-state index contributed by atoms with van der Waals surface area (Å²) in [5, 5.41) is 9.35. The minimum Gasteiger partial charge on any atom is -0.417 e. The number of aliphatic hydroxyl groups is 1. The van der Waals surface area contributed by atoms with Gasteiger partial charge in [0.1, 0.15) is 0 Å². The van der Waals surface area contributed by atoms with Crippen LogP contribution < -0.4 is 0 Å². The van der Waals surface area contributed by atoms with Crippen LogP contribution in [0.5, 0.6) is 0 Å². The first kappa shape index (κ1) is 16.9. The van der Waals surface area contributed by atoms with E-state index >= 15 is 0 Å². The molecule has 1 unspecified atom stereocenters. The van der Waals surface area contributed by atoms with Crippen LogP contribution in [0.15, 0.2) is 12.2 Å². The van der Waals surface area contributed by atoms with E-state index in [1.165, 1.54) is 0 Å². The lowest BCUT2D eigenvalue weighted by Crippen LogP contribution is -2.40. The van der Waals surface area contributed by atoms with Crippen LogP contribution in [0.1, 0.15) is 47.0 Å². The van der Waals surface area contributed by atoms with E-state index in [0.29, 0.717) is 5.04 Å². The number of hydrogen-bond acceptors (Lipinski definition) is 2. The molecule has 0 saturated carbocycles. The summed E-state index contributed by atoms with van der Waals surface area (Å²) in [6.45, 7) is 14.0. The van der Waals surface area contributed by atoms with E-state index in [1.54, 1.807) is 6.92 Å². The van der Waals surface area contributed by atoms with Crippen molar-refractivity contribution in [2.45, 2.75) is 71.2 Å². The van der Waals surface area contributed by atoms with Crippen LogP contribution in [0.4, 0.5) is 0 Å². The number of allylic oxidation sites excluding steroid dienone is 1. The molecule has 0 radical (unpaired) electrons. The van der Waals surface area contributed by atoms with Gasteiger partial charge in [0.05, 0.1) is 6.10 Å². The number of rotatable bonds is 7. The lowest BCUT2D eigenvalue weighted by molar-refractivity contribution is 0.243. The van der Waals surface area contributed by atoms with E-state index in [2.05, 4.69) is 39.9 Å². The minimum absolute atomic E-state index is 0.305. The molecular weight excluding hydrogens is 228 g/mol. The highest BCUT2D eigenvalue weighted by Gasteiger charge is 2.36. The zero-order chi connectivity index (χ0) is 13.5. The third-order valence-electron chi connectivity index (χ3n) is 3.45. The normalized spacial score (nSPS) is 15.5. The molecule has 0 aromatic heterocycles. The molecule has 17 heavy (non-hydrogen) atoms. The van der Waals surface area contributed by atoms with Gasteiger partial charge in [-0.3, -0.25) is 0 Å². The average Bonchev–Trinajstić information content (AvgIpc) is 2.13. The molecule has 0 amide bonds. The summed E-state index contributed by atoms with van der Waals surface area (Å²) in [4.78, 5) is 0. The Hall–Kier alpha value is -0.123. The highest BCUT2D eigenvalue weighted by Crippen LogP contribution is 2.36. The van der Waals surface area contributed by atoms with Gasteiger partial charge in [0.15, 0.2) is 8.32 Å². The van der Waals surface area contributed by atoms with Crippen molar-refractivity contribution >= 4 is 8.32 Å². The molecule has 0 bridgehead atoms. The molecule has 0 aromatic rings. The van der Waals surface area contributed by atoms with Crippen molar-refractivity contribution < 1.29 is 9.53 Å². The molecule has 0 aromatic carbocycles. The third-order valence-corrected chi connectivity index (χ3v) is 7.99. The lowest BCUT2D eigenvalue weighted by atomic mass is 10.2. The number of aliphatic hydroxyl groups excluding tert-OH is 1. The quantitative estimate of drug-likeness (QED) is 0.423. The highest BCUT2D eigenvalue weighted by molar-refractivity contribution is 6.74. The Morgan fingerprint density at radius 2 is 1.82 bits per heavy atom. The van der Waals surface area contributed by atoms with Crippen LogP contribution in [0.25, 0.3) is 0 Å². The SMILES string of the molecule is CC(O)/C=C/CCCCO[Si](C)(C)C(C)(C)C. The van der Waals surface area contributed by atoms with Gasteiger partial charge >= 0.3 is 0 Å². The maximum absolute atomic E-state index is 9.05. The molecule has 0 spiro atoms. The Balaban J connectivity index is 3.65. The first-order valence-electron chi connectivity index (χ1n) is 6.65. The summed E-state index contributed by atoms with van der Waals surface area (Å²) >= 11 is 0. The fourth-order valence-corrected chi connectivity index (χ4v) is 2.29. The molecule has 0 heterocycles. The first-order chi connectivity index (χ1) is 7.67. The maximum Gasteiger partial charge on any atom is 0.191 e. The minimum atomic E-state index is -1.55. The van der Waals surface area contributed by atoms with Crippen LogP contribution in [0.2, 0.25) is 18.1 Å². The molecule has 0 aliphatic carbocycles. The fraction of sp³-hybridized carbons (Fsp3) is 0.857. The first-order valence-corrected chi connectivity index (χ1v) is 9.56. The van der Waals surface area contributed by atoms with Crippen molar-refractivity contribution in [1.82, 2.24) is 0 Å². The van der Waals surface area contributed by atoms with Crippen molar-refractivity contribution in [1.29, 1.82) is 0 Å². The van der Waals surface area contributed by atoms with E-state index in [9.17, 15) is 0 Å². The van der Waals surface area contributed by atoms with Crippen molar-refractivity contribution in [3.05, 3.63) is 12.2 Å². The zero-order valence-corrected chi connectivity index (χ0v) is 13.4. The molecule has 0 fully saturated rings. The molecule has 0 rings (SSSR count). The van der Waals surface area contributed by atoms with Gasteiger partial charge in [-0.2, -0.15) is 0 Å². The Labute approximate surface area is 108 Å². The summed E-state index contributed by atoms with van der Waals surface area (Å²) < 4.78 is 6.09. The van der Waals surface area contributed by atoms with E-state index in [0.717, 1.165) is 25.9 Å². The molecule has 1 N–H and O–H groups in total. The Morgan fingerprint density at radius 1 is 1.24 bits per heavy atom. The molecule has 0 saturated heterocycles. The van der Waals surface area contributed by atoms with Gasteiger partial charge < -0.3 is 9.53 Å². The second-order valence-electron chi connectivity index (χ2n) is 6.27. The second kappa shape index (κ2) is 7.34. The van der Waals surface area contributed by atoms with Crippen molar-refractivity contribution in [2.75, 3.05) is 6.61 Å². The van der Waals surface area contributed by atoms with E-state index < -0.39 is 8.32 Å². The topological polar surface area (TPSA) is 29.5 Å². The van der Waals surface area contributed by atoms with Gasteiger partial charge in [0.25, 0.3) is 0 Å². The summed E-state index contributed by atoms with van der Waals surface area (Å²) in [6.07, 6.45) is 6.85. The smallest absolute Gasteiger partial charge is 0.191 e. The van der Waals surface area contributed by atoms with Crippen LogP contribution in [0, 0.1) is 0 Å². The Morgan fingerprint density at radius 3 is 2.29 bits per heavy atom. The predicted molar refractivity (Wildman–Crippen MR) is 77.8 cm³/mol. The second-order valence-corrected chi connectivity index (χ2v) is 11.1. The highest BCUT2D eigenvalue weighted by atomic mass is 28.4. The molecular formula is C14H30O2Si. The molecule has 0 aliphatic heterocycles. The lowest BCUT2D eigenvalue weighted by Gasteiger charge is -2.36. The third kappa shape index (κ3) is 7.74. The van der Waals surface area contributed by atoms with Gasteiger partial charge in [-0.05, 0) is 44.3 Å². The van der Waals surface area contributed by atoms with Crippen molar-refractivity contribution in [3.63, 3.8) is 0 Å². The van der Waals surface area contributed by atoms with Gasteiger partial charge in [0.2, 0.25) is 0 Å². The van der Waals surface area contributed by atoms with Crippen molar-refractivity contribution in [3.8, 4) is 0 Å². The number of unbranched alkanes of at least 4 members (excludes halogenated alkanes) is 2. The Bertz CT molecular complexity index is 227. The van der Waals surface area contributed by atoms with E-state index in [-0.39, 0.29) is 6.10 Å². The average molecular weight is 258 g/mol. The molecule has 0 aliphatic rings. The van der Waals surface area contributed by atoms with Crippen LogP contribution in [0.3, 0.4) is 0 Å². The fourth-order valence-electron chi connectivity index (χ4n) is 1.20.